The van der Waals surface area contributed by atoms with Gasteiger partial charge in [0.15, 0.2) is 11.3 Å². The van der Waals surface area contributed by atoms with E-state index in [2.05, 4.69) is 30.2 Å². The second kappa shape index (κ2) is 6.87. The topological polar surface area (TPSA) is 134 Å². The molecule has 146 valence electrons. The molecule has 3 heterocycles. The summed E-state index contributed by atoms with van der Waals surface area (Å²) in [4.78, 5) is 40.2. The van der Waals surface area contributed by atoms with Crippen molar-refractivity contribution in [2.24, 2.45) is 0 Å². The summed E-state index contributed by atoms with van der Waals surface area (Å²) in [6, 6.07) is 0.0737. The minimum Gasteiger partial charge on any atom is -0.478 e. The Bertz CT molecular complexity index is 1110. The van der Waals surface area contributed by atoms with Crippen LogP contribution in [0, 0.1) is 6.92 Å². The molecule has 0 saturated carbocycles. The highest BCUT2D eigenvalue weighted by Gasteiger charge is 2.37. The molecule has 0 aliphatic rings. The van der Waals surface area contributed by atoms with Gasteiger partial charge < -0.3 is 15.4 Å². The number of nitrogens with one attached hydrogen (secondary N) is 2. The van der Waals surface area contributed by atoms with Crippen LogP contribution in [0.25, 0.3) is 11.0 Å². The third-order valence-corrected chi connectivity index (χ3v) is 3.82. The van der Waals surface area contributed by atoms with Crippen LogP contribution in [0.5, 0.6) is 0 Å². The van der Waals surface area contributed by atoms with E-state index in [1.165, 1.54) is 13.8 Å². The minimum atomic E-state index is -4.79. The first kappa shape index (κ1) is 19.2. The van der Waals surface area contributed by atoms with E-state index in [9.17, 15) is 22.8 Å². The summed E-state index contributed by atoms with van der Waals surface area (Å²) in [5, 5.41) is 11.4. The molecule has 1 unspecified atom stereocenters. The number of H-pyrrole nitrogens is 1. The molecule has 0 fully saturated rings. The van der Waals surface area contributed by atoms with Gasteiger partial charge >= 0.3 is 12.1 Å². The number of hydrogen-bond donors (Lipinski definition) is 3. The minimum absolute atomic E-state index is 0.0818. The lowest BCUT2D eigenvalue weighted by Gasteiger charge is -2.19. The fourth-order valence-electron chi connectivity index (χ4n) is 2.53. The first-order chi connectivity index (χ1) is 13.1. The van der Waals surface area contributed by atoms with Crippen molar-refractivity contribution < 1.29 is 23.1 Å². The van der Waals surface area contributed by atoms with E-state index in [1.807, 2.05) is 0 Å². The molecule has 3 aromatic rings. The molecule has 3 aromatic heterocycles. The monoisotopic (exact) mass is 394 g/mol. The van der Waals surface area contributed by atoms with Gasteiger partial charge in [0.05, 0.1) is 17.0 Å². The summed E-state index contributed by atoms with van der Waals surface area (Å²) in [7, 11) is 0. The number of anilines is 1. The lowest BCUT2D eigenvalue weighted by Crippen LogP contribution is -2.20. The number of aryl methyl sites for hydroxylation is 1. The summed E-state index contributed by atoms with van der Waals surface area (Å²) < 4.78 is 40.6. The molecule has 1 atom stereocenters. The summed E-state index contributed by atoms with van der Waals surface area (Å²) in [5.74, 6) is -1.18. The Labute approximate surface area is 154 Å². The highest BCUT2D eigenvalue weighted by Crippen LogP contribution is 2.35. The van der Waals surface area contributed by atoms with Crippen LogP contribution in [0.2, 0.25) is 0 Å². The molecule has 3 N–H and O–H groups in total. The number of aromatic carboxylic acids is 1. The molecule has 9 nitrogen and oxygen atoms in total. The Morgan fingerprint density at radius 2 is 1.89 bits per heavy atom. The Morgan fingerprint density at radius 1 is 1.25 bits per heavy atom. The second-order valence-electron chi connectivity index (χ2n) is 5.91. The van der Waals surface area contributed by atoms with Crippen molar-refractivity contribution in [3.63, 3.8) is 0 Å². The highest BCUT2D eigenvalue weighted by molar-refractivity contribution is 5.86. The predicted octanol–water partition coefficient (Wildman–Crippen LogP) is 2.31. The van der Waals surface area contributed by atoms with Crippen LogP contribution in [-0.4, -0.2) is 36.0 Å². The average Bonchev–Trinajstić information content (AvgIpc) is 2.60. The number of carbonyl (C=O) groups is 1. The maximum absolute atomic E-state index is 13.5. The standard InChI is InChI=1S/C16H13F3N6O3/c1-6(22-15-20-4-8(5-21-15)14(27)28)9-3-10-12(23-7(2)24-13(10)26)25-11(9)16(17,18)19/h3-6H,1-2H3,(H,27,28)(H,20,21,22)(H,23,24,25,26). The molecule has 0 aliphatic heterocycles. The van der Waals surface area contributed by atoms with Crippen molar-refractivity contribution >= 4 is 23.0 Å². The van der Waals surface area contributed by atoms with Crippen LogP contribution in [-0.2, 0) is 6.18 Å². The van der Waals surface area contributed by atoms with Crippen LogP contribution >= 0.6 is 0 Å². The van der Waals surface area contributed by atoms with E-state index in [0.717, 1.165) is 18.5 Å². The van der Waals surface area contributed by atoms with E-state index in [4.69, 9.17) is 5.11 Å². The highest BCUT2D eigenvalue weighted by atomic mass is 19.4. The van der Waals surface area contributed by atoms with E-state index in [-0.39, 0.29) is 33.9 Å². The fraction of sp³-hybridized carbons (Fsp3) is 0.250. The quantitative estimate of drug-likeness (QED) is 0.614. The number of hydrogen-bond acceptors (Lipinski definition) is 7. The van der Waals surface area contributed by atoms with Crippen LogP contribution in [0.15, 0.2) is 23.3 Å². The number of carboxylic acid groups (broad SMARTS) is 1. The summed E-state index contributed by atoms with van der Waals surface area (Å²) in [5.41, 5.74) is -2.60. The van der Waals surface area contributed by atoms with Gasteiger partial charge in [0.1, 0.15) is 5.82 Å². The maximum atomic E-state index is 13.5. The third-order valence-electron chi connectivity index (χ3n) is 3.82. The van der Waals surface area contributed by atoms with Crippen LogP contribution in [0.3, 0.4) is 0 Å². The summed E-state index contributed by atoms with van der Waals surface area (Å²) in [6.07, 6.45) is -2.75. The number of halogens is 3. The van der Waals surface area contributed by atoms with Crippen LogP contribution < -0.4 is 10.9 Å². The predicted molar refractivity (Wildman–Crippen MR) is 90.9 cm³/mol. The number of aromatic amines is 1. The maximum Gasteiger partial charge on any atom is 0.433 e. The zero-order valence-electron chi connectivity index (χ0n) is 14.5. The number of aromatic nitrogens is 5. The van der Waals surface area contributed by atoms with Crippen molar-refractivity contribution in [1.29, 1.82) is 0 Å². The average molecular weight is 394 g/mol. The Kier molecular flexibility index (Phi) is 4.71. The molecule has 0 amide bonds. The molecule has 0 saturated heterocycles. The molecule has 3 rings (SSSR count). The molecule has 0 aliphatic carbocycles. The Balaban J connectivity index is 2.06. The van der Waals surface area contributed by atoms with E-state index < -0.39 is 29.4 Å². The zero-order valence-corrected chi connectivity index (χ0v) is 14.5. The fourth-order valence-corrected chi connectivity index (χ4v) is 2.53. The van der Waals surface area contributed by atoms with Gasteiger partial charge in [0, 0.05) is 18.0 Å². The van der Waals surface area contributed by atoms with Crippen molar-refractivity contribution in [1.82, 2.24) is 24.9 Å². The zero-order chi connectivity index (χ0) is 20.6. The van der Waals surface area contributed by atoms with Gasteiger partial charge in [-0.2, -0.15) is 13.2 Å². The van der Waals surface area contributed by atoms with Gasteiger partial charge in [-0.3, -0.25) is 4.79 Å². The van der Waals surface area contributed by atoms with Crippen LogP contribution in [0.1, 0.15) is 40.4 Å². The number of nitrogens with zero attached hydrogens (tertiary/aromatic N) is 4. The van der Waals surface area contributed by atoms with Crippen molar-refractivity contribution in [2.45, 2.75) is 26.1 Å². The molecular formula is C16H13F3N6O3. The van der Waals surface area contributed by atoms with Crippen LogP contribution in [0.4, 0.5) is 19.1 Å². The van der Waals surface area contributed by atoms with Gasteiger partial charge in [-0.1, -0.05) is 0 Å². The lowest BCUT2D eigenvalue weighted by atomic mass is 10.0. The van der Waals surface area contributed by atoms with Gasteiger partial charge in [0.25, 0.3) is 5.56 Å². The van der Waals surface area contributed by atoms with Crippen molar-refractivity contribution in [3.05, 3.63) is 51.5 Å². The van der Waals surface area contributed by atoms with E-state index in [0.29, 0.717) is 0 Å². The molecule has 0 radical (unpaired) electrons. The summed E-state index contributed by atoms with van der Waals surface area (Å²) in [6.45, 7) is 2.84. The Morgan fingerprint density at radius 3 is 2.46 bits per heavy atom. The summed E-state index contributed by atoms with van der Waals surface area (Å²) >= 11 is 0. The molecule has 28 heavy (non-hydrogen) atoms. The Hall–Kier alpha value is -3.57. The second-order valence-corrected chi connectivity index (χ2v) is 5.91. The number of alkyl halides is 3. The lowest BCUT2D eigenvalue weighted by molar-refractivity contribution is -0.141. The van der Waals surface area contributed by atoms with Gasteiger partial charge in [-0.15, -0.1) is 0 Å². The largest absolute Gasteiger partial charge is 0.478 e. The molecule has 0 spiro atoms. The SMILES string of the molecule is Cc1nc2nc(C(F)(F)F)c(C(C)Nc3ncc(C(=O)O)cn3)cc2c(=O)[nH]1. The third kappa shape index (κ3) is 3.75. The van der Waals surface area contributed by atoms with Crippen molar-refractivity contribution in [2.75, 3.05) is 5.32 Å². The van der Waals surface area contributed by atoms with Crippen molar-refractivity contribution in [3.8, 4) is 0 Å². The molecule has 0 bridgehead atoms. The van der Waals surface area contributed by atoms with E-state index >= 15 is 0 Å². The number of carboxylic acids is 1. The smallest absolute Gasteiger partial charge is 0.433 e. The number of fused-ring (bicyclic) bond motifs is 1. The number of pyridine rings is 1. The normalized spacial score (nSPS) is 12.8. The molecular weight excluding hydrogens is 381 g/mol. The van der Waals surface area contributed by atoms with Gasteiger partial charge in [-0.25, -0.2) is 24.7 Å². The molecule has 0 aromatic carbocycles. The molecule has 12 heteroatoms. The first-order valence-electron chi connectivity index (χ1n) is 7.87. The van der Waals surface area contributed by atoms with E-state index in [1.54, 1.807) is 0 Å². The first-order valence-corrected chi connectivity index (χ1v) is 7.87. The number of rotatable bonds is 4. The van der Waals surface area contributed by atoms with Gasteiger partial charge in [0.2, 0.25) is 5.95 Å². The van der Waals surface area contributed by atoms with Gasteiger partial charge in [-0.05, 0) is 19.9 Å².